The molecule has 2 rings (SSSR count). The molecule has 0 bridgehead atoms. The Morgan fingerprint density at radius 3 is 2.24 bits per heavy atom. The van der Waals surface area contributed by atoms with Gasteiger partial charge < -0.3 is 15.4 Å². The lowest BCUT2D eigenvalue weighted by Gasteiger charge is -2.22. The number of benzene rings is 2. The first-order chi connectivity index (χ1) is 13.3. The molecule has 0 aliphatic rings. The minimum absolute atomic E-state index is 0.0510. The van der Waals surface area contributed by atoms with Gasteiger partial charge in [0.05, 0.1) is 23.8 Å². The fraction of sp³-hybridized carbons (Fsp3) is 0.300. The summed E-state index contributed by atoms with van der Waals surface area (Å²) in [6, 6.07) is 7.63. The van der Waals surface area contributed by atoms with E-state index in [0.29, 0.717) is 3.57 Å². The molecule has 0 aromatic heterocycles. The summed E-state index contributed by atoms with van der Waals surface area (Å²) in [5.41, 5.74) is -1.38. The molecule has 0 aliphatic heterocycles. The Morgan fingerprint density at radius 1 is 1.03 bits per heavy atom. The zero-order valence-electron chi connectivity index (χ0n) is 16.2. The van der Waals surface area contributed by atoms with Gasteiger partial charge in [-0.05, 0) is 67.6 Å². The maximum Gasteiger partial charge on any atom is 0.416 e. The molecule has 0 aliphatic carbocycles. The second kappa shape index (κ2) is 8.60. The fourth-order valence-corrected chi connectivity index (χ4v) is 3.24. The normalized spacial score (nSPS) is 11.7. The van der Waals surface area contributed by atoms with Gasteiger partial charge in [-0.15, -0.1) is 0 Å². The van der Waals surface area contributed by atoms with Crippen molar-refractivity contribution in [3.63, 3.8) is 0 Å². The Hall–Kier alpha value is -2.30. The highest BCUT2D eigenvalue weighted by molar-refractivity contribution is 14.1. The van der Waals surface area contributed by atoms with Crippen LogP contribution in [-0.4, -0.2) is 24.5 Å². The van der Waals surface area contributed by atoms with E-state index in [-0.39, 0.29) is 22.6 Å². The smallest absolute Gasteiger partial charge is 0.416 e. The highest BCUT2D eigenvalue weighted by atomic mass is 127. The average molecular weight is 520 g/mol. The van der Waals surface area contributed by atoms with Gasteiger partial charge in [-0.25, -0.2) is 0 Å². The minimum Gasteiger partial charge on any atom is -0.497 e. The van der Waals surface area contributed by atoms with Crippen molar-refractivity contribution in [2.45, 2.75) is 32.5 Å². The van der Waals surface area contributed by atoms with Crippen molar-refractivity contribution < 1.29 is 27.5 Å². The van der Waals surface area contributed by atoms with E-state index in [0.717, 1.165) is 12.1 Å². The fourth-order valence-electron chi connectivity index (χ4n) is 2.50. The molecule has 2 aromatic carbocycles. The van der Waals surface area contributed by atoms with E-state index in [1.54, 1.807) is 32.9 Å². The third-order valence-corrected chi connectivity index (χ3v) is 4.60. The van der Waals surface area contributed by atoms with E-state index >= 15 is 0 Å². The van der Waals surface area contributed by atoms with E-state index in [4.69, 9.17) is 4.74 Å². The number of anilines is 1. The van der Waals surface area contributed by atoms with Gasteiger partial charge >= 0.3 is 6.18 Å². The number of rotatable bonds is 4. The summed E-state index contributed by atoms with van der Waals surface area (Å²) in [4.78, 5) is 25.5. The summed E-state index contributed by atoms with van der Waals surface area (Å²) in [5.74, 6) is -1.21. The second-order valence-electron chi connectivity index (χ2n) is 7.27. The topological polar surface area (TPSA) is 67.4 Å². The van der Waals surface area contributed by atoms with Gasteiger partial charge in [-0.3, -0.25) is 9.59 Å². The first-order valence-corrected chi connectivity index (χ1v) is 9.58. The number of carbonyl (C=O) groups is 2. The molecule has 29 heavy (non-hydrogen) atoms. The molecular formula is C20H20F3IN2O3. The molecule has 0 atom stereocenters. The molecule has 0 heterocycles. The highest BCUT2D eigenvalue weighted by Crippen LogP contribution is 2.34. The van der Waals surface area contributed by atoms with Crippen molar-refractivity contribution >= 4 is 40.1 Å². The molecule has 0 saturated carbocycles. The molecule has 0 unspecified atom stereocenters. The second-order valence-corrected chi connectivity index (χ2v) is 8.43. The van der Waals surface area contributed by atoms with E-state index in [1.807, 2.05) is 22.6 Å². The van der Waals surface area contributed by atoms with Crippen LogP contribution in [0.5, 0.6) is 5.75 Å². The molecule has 2 amide bonds. The number of alkyl halides is 3. The Labute approximate surface area is 180 Å². The van der Waals surface area contributed by atoms with E-state index in [9.17, 15) is 22.8 Å². The number of amides is 2. The van der Waals surface area contributed by atoms with Gasteiger partial charge in [0.1, 0.15) is 5.75 Å². The average Bonchev–Trinajstić information content (AvgIpc) is 2.58. The number of halogens is 4. The Kier molecular flexibility index (Phi) is 6.82. The van der Waals surface area contributed by atoms with Crippen LogP contribution in [0.1, 0.15) is 47.1 Å². The van der Waals surface area contributed by atoms with Crippen LogP contribution in [0.4, 0.5) is 18.9 Å². The third kappa shape index (κ3) is 6.09. The van der Waals surface area contributed by atoms with Crippen LogP contribution in [0, 0.1) is 3.57 Å². The van der Waals surface area contributed by atoms with Crippen LogP contribution < -0.4 is 15.4 Å². The summed E-state index contributed by atoms with van der Waals surface area (Å²) in [7, 11) is 1.23. The zero-order chi connectivity index (χ0) is 22.0. The maximum absolute atomic E-state index is 13.1. The molecule has 156 valence electrons. The molecule has 9 heteroatoms. The van der Waals surface area contributed by atoms with E-state index in [1.165, 1.54) is 19.2 Å². The largest absolute Gasteiger partial charge is 0.497 e. The summed E-state index contributed by atoms with van der Waals surface area (Å²) in [5, 5.41) is 5.22. The number of nitrogens with one attached hydrogen (secondary N) is 2. The molecule has 5 nitrogen and oxygen atoms in total. The summed E-state index contributed by atoms with van der Waals surface area (Å²) < 4.78 is 44.7. The monoisotopic (exact) mass is 520 g/mol. The zero-order valence-corrected chi connectivity index (χ0v) is 18.4. The molecule has 0 radical (unpaired) electrons. The maximum atomic E-state index is 13.1. The van der Waals surface area contributed by atoms with Gasteiger partial charge in [0.2, 0.25) is 0 Å². The van der Waals surface area contributed by atoms with Crippen molar-refractivity contribution in [2.75, 3.05) is 12.4 Å². The molecule has 2 aromatic rings. The van der Waals surface area contributed by atoms with Crippen molar-refractivity contribution in [2.24, 2.45) is 0 Å². The summed E-state index contributed by atoms with van der Waals surface area (Å²) in [6.45, 7) is 5.40. The SMILES string of the molecule is COc1cc(NC(=O)c2cccc(I)c2C(=O)NC(C)(C)C)cc(C(F)(F)F)c1. The molecular weight excluding hydrogens is 500 g/mol. The highest BCUT2D eigenvalue weighted by Gasteiger charge is 2.32. The first-order valence-electron chi connectivity index (χ1n) is 8.50. The lowest BCUT2D eigenvalue weighted by Crippen LogP contribution is -2.41. The first kappa shape index (κ1) is 23.0. The summed E-state index contributed by atoms with van der Waals surface area (Å²) >= 11 is 1.93. The van der Waals surface area contributed by atoms with Crippen LogP contribution in [0.3, 0.4) is 0 Å². The number of methoxy groups -OCH3 is 1. The van der Waals surface area contributed by atoms with Gasteiger partial charge in [-0.2, -0.15) is 13.2 Å². The lowest BCUT2D eigenvalue weighted by molar-refractivity contribution is -0.137. The summed E-state index contributed by atoms with van der Waals surface area (Å²) in [6.07, 6.45) is -4.60. The standard InChI is InChI=1S/C20H20F3IN2O3/c1-19(2,3)26-18(28)16-14(6-5-7-15(16)24)17(27)25-12-8-11(20(21,22)23)9-13(10-12)29-4/h5-10H,1-4H3,(H,25,27)(H,26,28). The minimum atomic E-state index is -4.60. The van der Waals surface area contributed by atoms with E-state index in [2.05, 4.69) is 10.6 Å². The van der Waals surface area contributed by atoms with Crippen molar-refractivity contribution in [1.82, 2.24) is 5.32 Å². The molecule has 2 N–H and O–H groups in total. The lowest BCUT2D eigenvalue weighted by atomic mass is 10.0. The predicted molar refractivity (Wildman–Crippen MR) is 112 cm³/mol. The Bertz CT molecular complexity index is 938. The predicted octanol–water partition coefficient (Wildman–Crippen LogP) is 5.10. The van der Waals surface area contributed by atoms with Crippen LogP contribution in [0.2, 0.25) is 0 Å². The van der Waals surface area contributed by atoms with Gasteiger partial charge in [0, 0.05) is 20.9 Å². The number of hydrogen-bond acceptors (Lipinski definition) is 3. The molecule has 0 fully saturated rings. The van der Waals surface area contributed by atoms with Crippen LogP contribution in [0.15, 0.2) is 36.4 Å². The number of ether oxygens (including phenoxy) is 1. The Balaban J connectivity index is 2.42. The quantitative estimate of drug-likeness (QED) is 0.552. The van der Waals surface area contributed by atoms with Crippen LogP contribution in [-0.2, 0) is 6.18 Å². The molecule has 0 spiro atoms. The van der Waals surface area contributed by atoms with Crippen molar-refractivity contribution in [3.8, 4) is 5.75 Å². The number of carbonyl (C=O) groups excluding carboxylic acids is 2. The van der Waals surface area contributed by atoms with Crippen molar-refractivity contribution in [3.05, 3.63) is 56.7 Å². The number of hydrogen-bond donors (Lipinski definition) is 2. The van der Waals surface area contributed by atoms with Crippen LogP contribution in [0.25, 0.3) is 0 Å². The Morgan fingerprint density at radius 2 is 1.69 bits per heavy atom. The van der Waals surface area contributed by atoms with Gasteiger partial charge in [-0.1, -0.05) is 6.07 Å². The van der Waals surface area contributed by atoms with Gasteiger partial charge in [0.25, 0.3) is 11.8 Å². The van der Waals surface area contributed by atoms with Gasteiger partial charge in [0.15, 0.2) is 0 Å². The molecule has 0 saturated heterocycles. The van der Waals surface area contributed by atoms with E-state index < -0.39 is 29.1 Å². The third-order valence-electron chi connectivity index (χ3n) is 3.70. The van der Waals surface area contributed by atoms with Crippen molar-refractivity contribution in [1.29, 1.82) is 0 Å². The van der Waals surface area contributed by atoms with Crippen LogP contribution >= 0.6 is 22.6 Å².